The van der Waals surface area contributed by atoms with E-state index in [1.807, 2.05) is 13.8 Å². The van der Waals surface area contributed by atoms with Crippen LogP contribution in [0, 0.1) is 5.92 Å². The Hall–Kier alpha value is -1.30. The lowest BCUT2D eigenvalue weighted by atomic mass is 10.0. The lowest BCUT2D eigenvalue weighted by molar-refractivity contribution is -0.139. The third-order valence-corrected chi connectivity index (χ3v) is 3.65. The fourth-order valence-corrected chi connectivity index (χ4v) is 2.56. The SMILES string of the molecule is CC(C)C[C@H](NC(=O)N1CCCCCC1CO)C(=O)O. The summed E-state index contributed by atoms with van der Waals surface area (Å²) in [6, 6.07) is -1.45. The average molecular weight is 286 g/mol. The molecule has 2 amide bonds. The number of hydrogen-bond donors (Lipinski definition) is 3. The summed E-state index contributed by atoms with van der Waals surface area (Å²) < 4.78 is 0. The van der Waals surface area contributed by atoms with E-state index < -0.39 is 12.0 Å². The number of carbonyl (C=O) groups is 2. The highest BCUT2D eigenvalue weighted by Crippen LogP contribution is 2.17. The predicted octanol–water partition coefficient (Wildman–Crippen LogP) is 1.43. The number of amides is 2. The van der Waals surface area contributed by atoms with Crippen LogP contribution in [0.1, 0.15) is 46.0 Å². The van der Waals surface area contributed by atoms with E-state index in [2.05, 4.69) is 5.32 Å². The molecule has 0 radical (unpaired) electrons. The maximum atomic E-state index is 12.3. The normalized spacial score (nSPS) is 21.4. The lowest BCUT2D eigenvalue weighted by Crippen LogP contribution is -2.52. The van der Waals surface area contributed by atoms with E-state index in [4.69, 9.17) is 5.11 Å². The number of aliphatic hydroxyl groups excluding tert-OH is 1. The molecule has 0 aliphatic carbocycles. The fraction of sp³-hybridized carbons (Fsp3) is 0.857. The van der Waals surface area contributed by atoms with Crippen molar-refractivity contribution in [3.8, 4) is 0 Å². The van der Waals surface area contributed by atoms with E-state index in [1.54, 1.807) is 4.90 Å². The van der Waals surface area contributed by atoms with Crippen molar-refractivity contribution in [3.05, 3.63) is 0 Å². The van der Waals surface area contributed by atoms with Crippen molar-refractivity contribution in [3.63, 3.8) is 0 Å². The zero-order chi connectivity index (χ0) is 15.1. The number of aliphatic carboxylic acids is 1. The van der Waals surface area contributed by atoms with Crippen molar-refractivity contribution >= 4 is 12.0 Å². The molecule has 2 atom stereocenters. The highest BCUT2D eigenvalue weighted by molar-refractivity contribution is 5.82. The Morgan fingerprint density at radius 3 is 2.55 bits per heavy atom. The first kappa shape index (κ1) is 16.8. The van der Waals surface area contributed by atoms with Gasteiger partial charge in [0.25, 0.3) is 0 Å². The van der Waals surface area contributed by atoms with Crippen molar-refractivity contribution in [1.29, 1.82) is 0 Å². The van der Waals surface area contributed by atoms with Crippen molar-refractivity contribution < 1.29 is 19.8 Å². The summed E-state index contributed by atoms with van der Waals surface area (Å²) in [4.78, 5) is 25.0. The molecule has 0 aromatic rings. The van der Waals surface area contributed by atoms with Crippen LogP contribution >= 0.6 is 0 Å². The average Bonchev–Trinajstić information content (AvgIpc) is 2.62. The molecule has 116 valence electrons. The van der Waals surface area contributed by atoms with Gasteiger partial charge in [-0.15, -0.1) is 0 Å². The van der Waals surface area contributed by atoms with E-state index in [1.165, 1.54) is 0 Å². The minimum Gasteiger partial charge on any atom is -0.480 e. The molecule has 1 aliphatic heterocycles. The van der Waals surface area contributed by atoms with E-state index in [9.17, 15) is 14.7 Å². The van der Waals surface area contributed by atoms with E-state index in [0.717, 1.165) is 25.7 Å². The molecule has 0 spiro atoms. The quantitative estimate of drug-likeness (QED) is 0.713. The Balaban J connectivity index is 2.67. The molecule has 1 unspecified atom stereocenters. The van der Waals surface area contributed by atoms with Crippen LogP contribution in [0.2, 0.25) is 0 Å². The largest absolute Gasteiger partial charge is 0.480 e. The number of carboxylic acid groups (broad SMARTS) is 1. The first-order valence-electron chi connectivity index (χ1n) is 7.36. The Bertz CT molecular complexity index is 333. The highest BCUT2D eigenvalue weighted by Gasteiger charge is 2.28. The third kappa shape index (κ3) is 5.00. The Labute approximate surface area is 120 Å². The summed E-state index contributed by atoms with van der Waals surface area (Å²) in [6.07, 6.45) is 4.09. The molecule has 1 aliphatic rings. The summed E-state index contributed by atoms with van der Waals surface area (Å²) >= 11 is 0. The second-order valence-corrected chi connectivity index (χ2v) is 5.85. The van der Waals surface area contributed by atoms with Crippen LogP contribution < -0.4 is 5.32 Å². The van der Waals surface area contributed by atoms with Crippen LogP contribution in [0.4, 0.5) is 4.79 Å². The summed E-state index contributed by atoms with van der Waals surface area (Å²) in [6.45, 7) is 4.34. The van der Waals surface area contributed by atoms with Gasteiger partial charge in [-0.3, -0.25) is 0 Å². The van der Waals surface area contributed by atoms with Crippen LogP contribution in [0.5, 0.6) is 0 Å². The molecule has 1 fully saturated rings. The van der Waals surface area contributed by atoms with Crippen molar-refractivity contribution in [2.45, 2.75) is 58.0 Å². The Kier molecular flexibility index (Phi) is 6.78. The summed E-state index contributed by atoms with van der Waals surface area (Å²) in [5, 5.41) is 21.1. The number of urea groups is 1. The molecule has 1 rings (SSSR count). The topological polar surface area (TPSA) is 89.9 Å². The molecule has 6 heteroatoms. The molecular formula is C14H26N2O4. The van der Waals surface area contributed by atoms with Gasteiger partial charge in [-0.2, -0.15) is 0 Å². The molecule has 3 N–H and O–H groups in total. The molecule has 20 heavy (non-hydrogen) atoms. The summed E-state index contributed by atoms with van der Waals surface area (Å²) in [7, 11) is 0. The minimum atomic E-state index is -1.01. The number of likely N-dealkylation sites (tertiary alicyclic amines) is 1. The second-order valence-electron chi connectivity index (χ2n) is 5.85. The maximum absolute atomic E-state index is 12.3. The number of hydrogen-bond acceptors (Lipinski definition) is 3. The van der Waals surface area contributed by atoms with Crippen LogP contribution in [0.15, 0.2) is 0 Å². The van der Waals surface area contributed by atoms with Gasteiger partial charge in [-0.25, -0.2) is 9.59 Å². The van der Waals surface area contributed by atoms with Gasteiger partial charge in [-0.1, -0.05) is 26.7 Å². The highest BCUT2D eigenvalue weighted by atomic mass is 16.4. The van der Waals surface area contributed by atoms with Gasteiger partial charge in [0.2, 0.25) is 0 Å². The smallest absolute Gasteiger partial charge is 0.326 e. The van der Waals surface area contributed by atoms with Gasteiger partial charge in [0.1, 0.15) is 6.04 Å². The van der Waals surface area contributed by atoms with Gasteiger partial charge < -0.3 is 20.4 Å². The van der Waals surface area contributed by atoms with Crippen molar-refractivity contribution in [1.82, 2.24) is 10.2 Å². The molecule has 1 saturated heterocycles. The fourth-order valence-electron chi connectivity index (χ4n) is 2.56. The zero-order valence-electron chi connectivity index (χ0n) is 12.3. The van der Waals surface area contributed by atoms with Crippen LogP contribution in [0.25, 0.3) is 0 Å². The third-order valence-electron chi connectivity index (χ3n) is 3.65. The van der Waals surface area contributed by atoms with Gasteiger partial charge in [-0.05, 0) is 25.2 Å². The minimum absolute atomic E-state index is 0.0741. The monoisotopic (exact) mass is 286 g/mol. The van der Waals surface area contributed by atoms with Gasteiger partial charge in [0.15, 0.2) is 0 Å². The number of aliphatic hydroxyl groups is 1. The number of carboxylic acids is 1. The number of nitrogens with zero attached hydrogens (tertiary/aromatic N) is 1. The van der Waals surface area contributed by atoms with Crippen molar-refractivity contribution in [2.24, 2.45) is 5.92 Å². The molecule has 6 nitrogen and oxygen atoms in total. The van der Waals surface area contributed by atoms with Crippen molar-refractivity contribution in [2.75, 3.05) is 13.2 Å². The van der Waals surface area contributed by atoms with Crippen LogP contribution in [-0.4, -0.2) is 52.3 Å². The van der Waals surface area contributed by atoms with E-state index >= 15 is 0 Å². The van der Waals surface area contributed by atoms with Gasteiger partial charge in [0.05, 0.1) is 12.6 Å². The lowest BCUT2D eigenvalue weighted by Gasteiger charge is -2.30. The summed E-state index contributed by atoms with van der Waals surface area (Å²) in [5.41, 5.74) is 0. The number of rotatable bonds is 5. The molecule has 0 saturated carbocycles. The Morgan fingerprint density at radius 1 is 1.30 bits per heavy atom. The number of carbonyl (C=O) groups excluding carboxylic acids is 1. The first-order chi connectivity index (χ1) is 9.45. The molecule has 0 aromatic carbocycles. The molecular weight excluding hydrogens is 260 g/mol. The predicted molar refractivity (Wildman–Crippen MR) is 75.5 cm³/mol. The molecule has 0 bridgehead atoms. The molecule has 1 heterocycles. The van der Waals surface area contributed by atoms with Crippen LogP contribution in [-0.2, 0) is 4.79 Å². The van der Waals surface area contributed by atoms with Gasteiger partial charge >= 0.3 is 12.0 Å². The number of nitrogens with one attached hydrogen (secondary N) is 1. The second kappa shape index (κ2) is 8.09. The molecule has 0 aromatic heterocycles. The zero-order valence-corrected chi connectivity index (χ0v) is 12.3. The summed E-state index contributed by atoms with van der Waals surface area (Å²) in [5.74, 6) is -0.823. The maximum Gasteiger partial charge on any atom is 0.326 e. The van der Waals surface area contributed by atoms with Gasteiger partial charge in [0, 0.05) is 6.54 Å². The first-order valence-corrected chi connectivity index (χ1v) is 7.36. The van der Waals surface area contributed by atoms with E-state index in [-0.39, 0.29) is 24.6 Å². The standard InChI is InChI=1S/C14H26N2O4/c1-10(2)8-12(13(18)19)15-14(20)16-7-5-3-4-6-11(16)9-17/h10-12,17H,3-9H2,1-2H3,(H,15,20)(H,18,19)/t11?,12-/m0/s1. The van der Waals surface area contributed by atoms with Crippen LogP contribution in [0.3, 0.4) is 0 Å². The van der Waals surface area contributed by atoms with E-state index in [0.29, 0.717) is 13.0 Å². The Morgan fingerprint density at radius 2 is 2.00 bits per heavy atom.